The standard InChI is InChI=1S/C7H14O2.C3H6O3/c1-3-4-5-6-7(8)9-2;1-5-3(4)6-2/h3-6H2,1-2H3;1-2H3. The molecule has 0 amide bonds. The Bertz CT molecular complexity index is 161. The molecule has 0 unspecified atom stereocenters. The van der Waals surface area contributed by atoms with Gasteiger partial charge in [0.2, 0.25) is 0 Å². The number of carbonyl (C=O) groups is 2. The fourth-order valence-electron chi connectivity index (χ4n) is 0.705. The number of hydrogen-bond donors (Lipinski definition) is 0. The maximum absolute atomic E-state index is 10.5. The van der Waals surface area contributed by atoms with E-state index in [1.807, 2.05) is 0 Å². The van der Waals surface area contributed by atoms with Crippen LogP contribution in [-0.2, 0) is 19.0 Å². The minimum atomic E-state index is -0.657. The highest BCUT2D eigenvalue weighted by atomic mass is 16.7. The van der Waals surface area contributed by atoms with Crippen LogP contribution in [0.1, 0.15) is 32.6 Å². The van der Waals surface area contributed by atoms with Crippen molar-refractivity contribution >= 4 is 12.1 Å². The number of rotatable bonds is 4. The Labute approximate surface area is 90.7 Å². The first kappa shape index (κ1) is 16.2. The summed E-state index contributed by atoms with van der Waals surface area (Å²) in [6, 6.07) is 0. The van der Waals surface area contributed by atoms with Gasteiger partial charge in [0.05, 0.1) is 21.3 Å². The van der Waals surface area contributed by atoms with Crippen LogP contribution in [0.2, 0.25) is 0 Å². The molecule has 15 heavy (non-hydrogen) atoms. The zero-order valence-electron chi connectivity index (χ0n) is 9.87. The lowest BCUT2D eigenvalue weighted by Crippen LogP contribution is -1.98. The zero-order chi connectivity index (χ0) is 12.1. The first-order valence-electron chi connectivity index (χ1n) is 4.81. The van der Waals surface area contributed by atoms with Crippen LogP contribution in [0, 0.1) is 0 Å². The summed E-state index contributed by atoms with van der Waals surface area (Å²) >= 11 is 0. The number of hydrogen-bond acceptors (Lipinski definition) is 5. The Balaban J connectivity index is 0. The predicted molar refractivity (Wildman–Crippen MR) is 55.6 cm³/mol. The largest absolute Gasteiger partial charge is 0.507 e. The molecule has 0 aromatic heterocycles. The molecule has 0 saturated heterocycles. The van der Waals surface area contributed by atoms with Gasteiger partial charge in [-0.05, 0) is 6.42 Å². The molecule has 90 valence electrons. The van der Waals surface area contributed by atoms with Gasteiger partial charge >= 0.3 is 12.1 Å². The third kappa shape index (κ3) is 15.5. The second kappa shape index (κ2) is 12.7. The van der Waals surface area contributed by atoms with Crippen molar-refractivity contribution < 1.29 is 23.8 Å². The number of unbranched alkanes of at least 4 members (excludes halogenated alkanes) is 2. The van der Waals surface area contributed by atoms with Crippen LogP contribution in [-0.4, -0.2) is 33.5 Å². The summed E-state index contributed by atoms with van der Waals surface area (Å²) in [6.07, 6.45) is 3.15. The summed E-state index contributed by atoms with van der Waals surface area (Å²) in [7, 11) is 3.94. The Kier molecular flexibility index (Phi) is 13.7. The first-order chi connectivity index (χ1) is 7.12. The molecule has 0 aromatic carbocycles. The third-order valence-corrected chi connectivity index (χ3v) is 1.55. The van der Waals surface area contributed by atoms with Gasteiger partial charge in [0, 0.05) is 6.42 Å². The molecule has 5 heteroatoms. The van der Waals surface area contributed by atoms with Gasteiger partial charge in [-0.2, -0.15) is 0 Å². The van der Waals surface area contributed by atoms with E-state index in [-0.39, 0.29) is 5.97 Å². The van der Waals surface area contributed by atoms with Gasteiger partial charge in [0.1, 0.15) is 0 Å². The van der Waals surface area contributed by atoms with E-state index >= 15 is 0 Å². The summed E-state index contributed by atoms with van der Waals surface area (Å²) in [4.78, 5) is 20.2. The Morgan fingerprint density at radius 3 is 1.73 bits per heavy atom. The molecule has 0 spiro atoms. The highest BCUT2D eigenvalue weighted by Crippen LogP contribution is 1.98. The van der Waals surface area contributed by atoms with Gasteiger partial charge in [-0.3, -0.25) is 4.79 Å². The zero-order valence-corrected chi connectivity index (χ0v) is 9.87. The summed E-state index contributed by atoms with van der Waals surface area (Å²) in [5.74, 6) is -0.0940. The van der Waals surface area contributed by atoms with Crippen molar-refractivity contribution in [2.75, 3.05) is 21.3 Å². The lowest BCUT2D eigenvalue weighted by atomic mass is 10.2. The molecule has 0 radical (unpaired) electrons. The van der Waals surface area contributed by atoms with E-state index in [0.717, 1.165) is 19.3 Å². The molecule has 5 nitrogen and oxygen atoms in total. The number of methoxy groups -OCH3 is 3. The van der Waals surface area contributed by atoms with Crippen LogP contribution >= 0.6 is 0 Å². The second-order valence-electron chi connectivity index (χ2n) is 2.69. The quantitative estimate of drug-likeness (QED) is 0.536. The second-order valence-corrected chi connectivity index (χ2v) is 2.69. The van der Waals surface area contributed by atoms with Crippen molar-refractivity contribution in [3.63, 3.8) is 0 Å². The Morgan fingerprint density at radius 1 is 0.933 bits per heavy atom. The highest BCUT2D eigenvalue weighted by Gasteiger charge is 1.96. The van der Waals surface area contributed by atoms with Crippen LogP contribution in [0.25, 0.3) is 0 Å². The molecule has 0 fully saturated rings. The molecule has 0 aliphatic carbocycles. The van der Waals surface area contributed by atoms with Crippen LogP contribution in [0.15, 0.2) is 0 Å². The van der Waals surface area contributed by atoms with E-state index in [1.54, 1.807) is 0 Å². The molecule has 0 N–H and O–H groups in total. The van der Waals surface area contributed by atoms with Crippen LogP contribution in [0.4, 0.5) is 4.79 Å². The molecule has 0 heterocycles. The fraction of sp³-hybridized carbons (Fsp3) is 0.800. The molecular formula is C10H20O5. The number of esters is 1. The van der Waals surface area contributed by atoms with Gasteiger partial charge in [-0.25, -0.2) is 4.79 Å². The van der Waals surface area contributed by atoms with E-state index < -0.39 is 6.16 Å². The SMILES string of the molecule is CCCCCC(=O)OC.COC(=O)OC. The monoisotopic (exact) mass is 220 g/mol. The molecule has 0 bridgehead atoms. The summed E-state index contributed by atoms with van der Waals surface area (Å²) in [5.41, 5.74) is 0. The van der Waals surface area contributed by atoms with E-state index in [2.05, 4.69) is 21.1 Å². The highest BCUT2D eigenvalue weighted by molar-refractivity contribution is 5.68. The summed E-state index contributed by atoms with van der Waals surface area (Å²) < 4.78 is 12.5. The van der Waals surface area contributed by atoms with Crippen molar-refractivity contribution in [2.24, 2.45) is 0 Å². The van der Waals surface area contributed by atoms with Crippen LogP contribution < -0.4 is 0 Å². The molecule has 0 saturated carbocycles. The van der Waals surface area contributed by atoms with Gasteiger partial charge in [0.15, 0.2) is 0 Å². The van der Waals surface area contributed by atoms with Gasteiger partial charge in [-0.1, -0.05) is 19.8 Å². The lowest BCUT2D eigenvalue weighted by Gasteiger charge is -1.95. The Hall–Kier alpha value is -1.26. The van der Waals surface area contributed by atoms with E-state index in [0.29, 0.717) is 6.42 Å². The smallest absolute Gasteiger partial charge is 0.469 e. The minimum absolute atomic E-state index is 0.0940. The maximum Gasteiger partial charge on any atom is 0.507 e. The van der Waals surface area contributed by atoms with Crippen molar-refractivity contribution in [1.82, 2.24) is 0 Å². The molecule has 0 aliphatic rings. The van der Waals surface area contributed by atoms with Crippen LogP contribution in [0.5, 0.6) is 0 Å². The fourth-order valence-corrected chi connectivity index (χ4v) is 0.705. The van der Waals surface area contributed by atoms with Crippen molar-refractivity contribution in [3.8, 4) is 0 Å². The summed E-state index contributed by atoms with van der Waals surface area (Å²) in [5, 5.41) is 0. The topological polar surface area (TPSA) is 61.8 Å². The minimum Gasteiger partial charge on any atom is -0.469 e. The van der Waals surface area contributed by atoms with Crippen molar-refractivity contribution in [1.29, 1.82) is 0 Å². The van der Waals surface area contributed by atoms with E-state index in [1.165, 1.54) is 21.3 Å². The maximum atomic E-state index is 10.5. The van der Waals surface area contributed by atoms with Gasteiger partial charge in [0.25, 0.3) is 0 Å². The van der Waals surface area contributed by atoms with E-state index in [9.17, 15) is 9.59 Å². The lowest BCUT2D eigenvalue weighted by molar-refractivity contribution is -0.140. The first-order valence-corrected chi connectivity index (χ1v) is 4.81. The Morgan fingerprint density at radius 2 is 1.47 bits per heavy atom. The van der Waals surface area contributed by atoms with Crippen molar-refractivity contribution in [3.05, 3.63) is 0 Å². The number of ether oxygens (including phenoxy) is 3. The van der Waals surface area contributed by atoms with Gasteiger partial charge < -0.3 is 14.2 Å². The average molecular weight is 220 g/mol. The van der Waals surface area contributed by atoms with E-state index in [4.69, 9.17) is 0 Å². The molecule has 0 atom stereocenters. The van der Waals surface area contributed by atoms with Gasteiger partial charge in [-0.15, -0.1) is 0 Å². The molecule has 0 aliphatic heterocycles. The summed E-state index contributed by atoms with van der Waals surface area (Å²) in [6.45, 7) is 2.11. The molecular weight excluding hydrogens is 200 g/mol. The normalized spacial score (nSPS) is 8.27. The average Bonchev–Trinajstić information content (AvgIpc) is 2.28. The number of carbonyl (C=O) groups excluding carboxylic acids is 2. The molecule has 0 aromatic rings. The predicted octanol–water partition coefficient (Wildman–Crippen LogP) is 2.14. The van der Waals surface area contributed by atoms with Crippen molar-refractivity contribution in [2.45, 2.75) is 32.6 Å². The van der Waals surface area contributed by atoms with Crippen LogP contribution in [0.3, 0.4) is 0 Å². The third-order valence-electron chi connectivity index (χ3n) is 1.55. The molecule has 0 rings (SSSR count).